The Bertz CT molecular complexity index is 622. The molecule has 0 radical (unpaired) electrons. The van der Waals surface area contributed by atoms with E-state index in [1.807, 2.05) is 0 Å². The van der Waals surface area contributed by atoms with Gasteiger partial charge >= 0.3 is 23.1 Å². The summed E-state index contributed by atoms with van der Waals surface area (Å²) >= 11 is 0. The van der Waals surface area contributed by atoms with Crippen LogP contribution in [0.4, 0.5) is 0 Å². The maximum absolute atomic E-state index is 11.7. The van der Waals surface area contributed by atoms with Gasteiger partial charge in [0, 0.05) is 21.1 Å². The molecular weight excluding hydrogens is 236 g/mol. The Labute approximate surface area is 95.9 Å². The zero-order valence-electron chi connectivity index (χ0n) is 8.59. The van der Waals surface area contributed by atoms with Crippen molar-refractivity contribution in [2.45, 2.75) is 0 Å². The van der Waals surface area contributed by atoms with Crippen molar-refractivity contribution in [3.05, 3.63) is 27.2 Å². The van der Waals surface area contributed by atoms with Crippen LogP contribution in [0.25, 0.3) is 11.2 Å². The minimum Gasteiger partial charge on any atom is -0.328 e. The molecule has 6 nitrogen and oxygen atoms in total. The maximum Gasteiger partial charge on any atom is 2.00 e. The van der Waals surface area contributed by atoms with E-state index in [1.54, 1.807) is 18.7 Å². The Morgan fingerprint density at radius 3 is 2.33 bits per heavy atom. The number of nitrogens with zero attached hydrogens (tertiary/aromatic N) is 4. The maximum atomic E-state index is 11.7. The molecule has 0 amide bonds. The van der Waals surface area contributed by atoms with Gasteiger partial charge < -0.3 is 4.57 Å². The summed E-state index contributed by atoms with van der Waals surface area (Å²) in [6.07, 6.45) is 1.52. The summed E-state index contributed by atoms with van der Waals surface area (Å²) in [4.78, 5) is 27.2. The van der Waals surface area contributed by atoms with Crippen molar-refractivity contribution in [2.24, 2.45) is 21.1 Å². The van der Waals surface area contributed by atoms with E-state index in [2.05, 4.69) is 4.98 Å². The number of rotatable bonds is 0. The molecule has 0 aromatic carbocycles. The molecule has 2 aromatic heterocycles. The van der Waals surface area contributed by atoms with Gasteiger partial charge in [0.05, 0.1) is 6.33 Å². The van der Waals surface area contributed by atoms with E-state index in [0.29, 0.717) is 11.2 Å². The molecule has 0 saturated carbocycles. The largest absolute Gasteiger partial charge is 2.00 e. The number of hydrogen-bond acceptors (Lipinski definition) is 3. The summed E-state index contributed by atoms with van der Waals surface area (Å²) in [6.45, 7) is 0. The number of aryl methyl sites for hydroxylation is 2. The van der Waals surface area contributed by atoms with Crippen LogP contribution >= 0.6 is 0 Å². The Morgan fingerprint density at radius 2 is 1.73 bits per heavy atom. The predicted molar refractivity (Wildman–Crippen MR) is 51.2 cm³/mol. The van der Waals surface area contributed by atoms with Crippen LogP contribution in [-0.4, -0.2) is 18.7 Å². The SMILES string of the molecule is Cn1c(=O)c2c(ncn2C)n(C)c1=O.[Cr+2]. The fourth-order valence-electron chi connectivity index (χ4n) is 1.47. The van der Waals surface area contributed by atoms with Crippen molar-refractivity contribution in [1.29, 1.82) is 0 Å². The summed E-state index contributed by atoms with van der Waals surface area (Å²) in [5, 5.41) is 0. The molecular formula is C8H10CrN4O2+2. The van der Waals surface area contributed by atoms with Crippen LogP contribution in [-0.2, 0) is 38.5 Å². The summed E-state index contributed by atoms with van der Waals surface area (Å²) in [7, 11) is 4.77. The molecule has 2 rings (SSSR count). The van der Waals surface area contributed by atoms with Gasteiger partial charge in [-0.25, -0.2) is 9.78 Å². The van der Waals surface area contributed by atoms with Crippen molar-refractivity contribution in [3.63, 3.8) is 0 Å². The first-order valence-corrected chi connectivity index (χ1v) is 4.11. The molecule has 0 aliphatic rings. The molecule has 15 heavy (non-hydrogen) atoms. The van der Waals surface area contributed by atoms with Crippen LogP contribution in [0.3, 0.4) is 0 Å². The zero-order valence-corrected chi connectivity index (χ0v) is 9.87. The van der Waals surface area contributed by atoms with E-state index in [4.69, 9.17) is 0 Å². The molecule has 2 heterocycles. The Hall–Kier alpha value is -1.32. The molecule has 0 saturated heterocycles. The molecule has 0 bridgehead atoms. The topological polar surface area (TPSA) is 61.8 Å². The van der Waals surface area contributed by atoms with Gasteiger partial charge in [-0.05, 0) is 0 Å². The summed E-state index contributed by atoms with van der Waals surface area (Å²) < 4.78 is 4.04. The van der Waals surface area contributed by atoms with Crippen LogP contribution in [0.2, 0.25) is 0 Å². The second kappa shape index (κ2) is 3.68. The summed E-state index contributed by atoms with van der Waals surface area (Å²) in [5.74, 6) is 0. The molecule has 0 N–H and O–H groups in total. The van der Waals surface area contributed by atoms with Crippen molar-refractivity contribution in [2.75, 3.05) is 0 Å². The molecule has 0 fully saturated rings. The summed E-state index contributed by atoms with van der Waals surface area (Å²) in [6, 6.07) is 0. The van der Waals surface area contributed by atoms with Gasteiger partial charge in [0.1, 0.15) is 0 Å². The third kappa shape index (κ3) is 1.44. The first kappa shape index (κ1) is 11.8. The van der Waals surface area contributed by atoms with Crippen LogP contribution in [0.1, 0.15) is 0 Å². The Morgan fingerprint density at radius 1 is 1.13 bits per heavy atom. The van der Waals surface area contributed by atoms with Gasteiger partial charge in [-0.15, -0.1) is 0 Å². The zero-order chi connectivity index (χ0) is 10.5. The smallest absolute Gasteiger partial charge is 0.328 e. The molecule has 7 heteroatoms. The monoisotopic (exact) mass is 246 g/mol. The Balaban J connectivity index is 0.00000112. The minimum absolute atomic E-state index is 0. The number of imidazole rings is 1. The Kier molecular flexibility index (Phi) is 2.89. The molecule has 0 aliphatic heterocycles. The van der Waals surface area contributed by atoms with E-state index in [9.17, 15) is 9.59 Å². The van der Waals surface area contributed by atoms with Crippen LogP contribution < -0.4 is 11.2 Å². The first-order valence-electron chi connectivity index (χ1n) is 4.11. The average Bonchev–Trinajstić information content (AvgIpc) is 2.54. The van der Waals surface area contributed by atoms with E-state index in [0.717, 1.165) is 4.57 Å². The molecule has 0 spiro atoms. The normalized spacial score (nSPS) is 10.3. The third-order valence-corrected chi connectivity index (χ3v) is 2.32. The van der Waals surface area contributed by atoms with Gasteiger partial charge in [-0.3, -0.25) is 13.9 Å². The van der Waals surface area contributed by atoms with Gasteiger partial charge in [-0.2, -0.15) is 0 Å². The van der Waals surface area contributed by atoms with Gasteiger partial charge in [-0.1, -0.05) is 0 Å². The summed E-state index contributed by atoms with van der Waals surface area (Å²) in [5.41, 5.74) is 0.180. The third-order valence-electron chi connectivity index (χ3n) is 2.32. The molecule has 2 aromatic rings. The van der Waals surface area contributed by atoms with Gasteiger partial charge in [0.15, 0.2) is 11.2 Å². The quantitative estimate of drug-likeness (QED) is 0.597. The predicted octanol–water partition coefficient (Wildman–Crippen LogP) is -1.03. The average molecular weight is 246 g/mol. The van der Waals surface area contributed by atoms with Gasteiger partial charge in [0.25, 0.3) is 5.56 Å². The van der Waals surface area contributed by atoms with Crippen molar-refractivity contribution in [1.82, 2.24) is 18.7 Å². The van der Waals surface area contributed by atoms with E-state index in [-0.39, 0.29) is 28.6 Å². The molecule has 0 unspecified atom stereocenters. The van der Waals surface area contributed by atoms with E-state index < -0.39 is 0 Å². The fourth-order valence-corrected chi connectivity index (χ4v) is 1.47. The number of aromatic nitrogens is 4. The molecule has 78 valence electrons. The minimum atomic E-state index is -0.360. The fraction of sp³-hybridized carbons (Fsp3) is 0.375. The molecule has 0 atom stereocenters. The van der Waals surface area contributed by atoms with Crippen molar-refractivity contribution >= 4 is 11.2 Å². The van der Waals surface area contributed by atoms with Crippen LogP contribution in [0, 0.1) is 0 Å². The molecule has 0 aliphatic carbocycles. The number of hydrogen-bond donors (Lipinski definition) is 0. The van der Waals surface area contributed by atoms with Crippen LogP contribution in [0.5, 0.6) is 0 Å². The van der Waals surface area contributed by atoms with E-state index in [1.165, 1.54) is 17.9 Å². The van der Waals surface area contributed by atoms with Crippen LogP contribution in [0.15, 0.2) is 15.9 Å². The standard InChI is InChI=1S/C8H10N4O2.Cr/c1-10-4-9-6-5(10)7(13)12(3)8(14)11(6)2;/h4H,1-3H3;/q;+2. The second-order valence-electron chi connectivity index (χ2n) is 3.23. The van der Waals surface area contributed by atoms with Gasteiger partial charge in [0.2, 0.25) is 0 Å². The van der Waals surface area contributed by atoms with E-state index >= 15 is 0 Å². The number of fused-ring (bicyclic) bond motifs is 1. The van der Waals surface area contributed by atoms with Crippen molar-refractivity contribution in [3.8, 4) is 0 Å². The first-order chi connectivity index (χ1) is 6.54. The van der Waals surface area contributed by atoms with Crippen molar-refractivity contribution < 1.29 is 17.4 Å². The second-order valence-corrected chi connectivity index (χ2v) is 3.23.